The summed E-state index contributed by atoms with van der Waals surface area (Å²) in [7, 11) is -3.87. The molecule has 0 fully saturated rings. The van der Waals surface area contributed by atoms with Crippen molar-refractivity contribution in [3.05, 3.63) is 29.3 Å². The maximum absolute atomic E-state index is 12.6. The highest BCUT2D eigenvalue weighted by Crippen LogP contribution is 2.18. The van der Waals surface area contributed by atoms with Gasteiger partial charge in [0.2, 0.25) is 10.0 Å². The largest absolute Gasteiger partial charge is 0.446 e. The van der Waals surface area contributed by atoms with Gasteiger partial charge in [-0.1, -0.05) is 12.1 Å². The third-order valence-electron chi connectivity index (χ3n) is 3.30. The van der Waals surface area contributed by atoms with E-state index in [0.717, 1.165) is 5.56 Å². The first-order valence-corrected chi connectivity index (χ1v) is 10.3. The van der Waals surface area contributed by atoms with Crippen LogP contribution in [0.15, 0.2) is 23.1 Å². The molecule has 0 aliphatic rings. The molecule has 0 amide bonds. The lowest BCUT2D eigenvalue weighted by molar-refractivity contribution is -0.147. The SMILES string of the molecule is CSCC[C@H](NS(=O)(=O)c1cc(C)ccc1C)C(=O)O[C@@H](C)C#N. The predicted octanol–water partition coefficient (Wildman–Crippen LogP) is 2.16. The van der Waals surface area contributed by atoms with E-state index in [-0.39, 0.29) is 11.3 Å². The Labute approximate surface area is 147 Å². The fraction of sp³-hybridized carbons (Fsp3) is 0.500. The van der Waals surface area contributed by atoms with E-state index in [4.69, 9.17) is 10.00 Å². The highest BCUT2D eigenvalue weighted by molar-refractivity contribution is 7.98. The number of nitrogens with one attached hydrogen (secondary N) is 1. The number of benzene rings is 1. The lowest BCUT2D eigenvalue weighted by atomic mass is 10.2. The number of rotatable bonds is 8. The first kappa shape index (κ1) is 20.5. The number of esters is 1. The average molecular weight is 370 g/mol. The van der Waals surface area contributed by atoms with Crippen molar-refractivity contribution in [3.63, 3.8) is 0 Å². The summed E-state index contributed by atoms with van der Waals surface area (Å²) in [5.74, 6) is -0.164. The lowest BCUT2D eigenvalue weighted by Gasteiger charge is -2.19. The molecule has 24 heavy (non-hydrogen) atoms. The Morgan fingerprint density at radius 2 is 2.08 bits per heavy atom. The molecular weight excluding hydrogens is 348 g/mol. The molecule has 0 unspecified atom stereocenters. The van der Waals surface area contributed by atoms with Crippen LogP contribution in [0.2, 0.25) is 0 Å². The summed E-state index contributed by atoms with van der Waals surface area (Å²) in [5.41, 5.74) is 1.40. The molecule has 1 aromatic rings. The molecule has 0 spiro atoms. The summed E-state index contributed by atoms with van der Waals surface area (Å²) in [6, 6.07) is 5.87. The van der Waals surface area contributed by atoms with Crippen LogP contribution in [0.1, 0.15) is 24.5 Å². The fourth-order valence-corrected chi connectivity index (χ4v) is 4.01. The van der Waals surface area contributed by atoms with Gasteiger partial charge in [-0.15, -0.1) is 0 Å². The molecule has 0 radical (unpaired) electrons. The molecule has 0 heterocycles. The Bertz CT molecular complexity index is 726. The van der Waals surface area contributed by atoms with Crippen LogP contribution >= 0.6 is 11.8 Å². The van der Waals surface area contributed by atoms with Crippen molar-refractivity contribution in [2.45, 2.75) is 44.2 Å². The van der Waals surface area contributed by atoms with Gasteiger partial charge in [0.25, 0.3) is 0 Å². The van der Waals surface area contributed by atoms with Gasteiger partial charge in [0.15, 0.2) is 6.10 Å². The fourth-order valence-electron chi connectivity index (χ4n) is 1.99. The number of nitriles is 1. The third kappa shape index (κ3) is 5.82. The molecule has 0 aromatic heterocycles. The van der Waals surface area contributed by atoms with E-state index in [1.165, 1.54) is 18.7 Å². The van der Waals surface area contributed by atoms with Crippen molar-refractivity contribution in [2.24, 2.45) is 0 Å². The van der Waals surface area contributed by atoms with Gasteiger partial charge in [-0.2, -0.15) is 21.7 Å². The molecular formula is C16H22N2O4S2. The topological polar surface area (TPSA) is 96.3 Å². The molecule has 1 rings (SSSR count). The van der Waals surface area contributed by atoms with Crippen molar-refractivity contribution in [1.29, 1.82) is 5.26 Å². The molecule has 0 bridgehead atoms. The van der Waals surface area contributed by atoms with E-state index < -0.39 is 28.1 Å². The lowest BCUT2D eigenvalue weighted by Crippen LogP contribution is -2.43. The van der Waals surface area contributed by atoms with E-state index in [9.17, 15) is 13.2 Å². The van der Waals surface area contributed by atoms with Gasteiger partial charge >= 0.3 is 5.97 Å². The summed E-state index contributed by atoms with van der Waals surface area (Å²) < 4.78 is 32.7. The van der Waals surface area contributed by atoms with Gasteiger partial charge in [0.1, 0.15) is 12.1 Å². The molecule has 0 saturated heterocycles. The van der Waals surface area contributed by atoms with Crippen molar-refractivity contribution in [3.8, 4) is 6.07 Å². The Morgan fingerprint density at radius 1 is 1.42 bits per heavy atom. The molecule has 2 atom stereocenters. The quantitative estimate of drug-likeness (QED) is 0.705. The summed E-state index contributed by atoms with van der Waals surface area (Å²) in [5, 5.41) is 8.75. The molecule has 132 valence electrons. The molecule has 6 nitrogen and oxygen atoms in total. The number of nitrogens with zero attached hydrogens (tertiary/aromatic N) is 1. The second-order valence-corrected chi connectivity index (χ2v) is 8.10. The Hall–Kier alpha value is -1.56. The monoisotopic (exact) mass is 370 g/mol. The number of carbonyl (C=O) groups is 1. The average Bonchev–Trinajstić information content (AvgIpc) is 2.53. The van der Waals surface area contributed by atoms with Crippen LogP contribution in [0.25, 0.3) is 0 Å². The van der Waals surface area contributed by atoms with Crippen LogP contribution in [-0.4, -0.2) is 38.5 Å². The van der Waals surface area contributed by atoms with E-state index >= 15 is 0 Å². The number of thioether (sulfide) groups is 1. The van der Waals surface area contributed by atoms with Crippen LogP contribution in [0.3, 0.4) is 0 Å². The maximum atomic E-state index is 12.6. The summed E-state index contributed by atoms with van der Waals surface area (Å²) in [4.78, 5) is 12.3. The van der Waals surface area contributed by atoms with Crippen molar-refractivity contribution in [1.82, 2.24) is 4.72 Å². The normalized spacial score (nSPS) is 13.8. The maximum Gasteiger partial charge on any atom is 0.325 e. The number of hydrogen-bond donors (Lipinski definition) is 1. The first-order valence-electron chi connectivity index (χ1n) is 7.40. The van der Waals surface area contributed by atoms with Crippen molar-refractivity contribution < 1.29 is 17.9 Å². The van der Waals surface area contributed by atoms with E-state index in [1.54, 1.807) is 32.0 Å². The predicted molar refractivity (Wildman–Crippen MR) is 94.2 cm³/mol. The van der Waals surface area contributed by atoms with Crippen LogP contribution in [0.4, 0.5) is 0 Å². The molecule has 0 aliphatic carbocycles. The van der Waals surface area contributed by atoms with Crippen molar-refractivity contribution in [2.75, 3.05) is 12.0 Å². The third-order valence-corrected chi connectivity index (χ3v) is 5.56. The van der Waals surface area contributed by atoms with Crippen LogP contribution in [0, 0.1) is 25.2 Å². The molecule has 1 aromatic carbocycles. The van der Waals surface area contributed by atoms with Gasteiger partial charge in [0.05, 0.1) is 4.90 Å². The highest BCUT2D eigenvalue weighted by Gasteiger charge is 2.28. The zero-order chi connectivity index (χ0) is 18.3. The molecule has 0 aliphatic heterocycles. The second kappa shape index (κ2) is 9.06. The Morgan fingerprint density at radius 3 is 2.67 bits per heavy atom. The number of sulfonamides is 1. The van der Waals surface area contributed by atoms with E-state index in [2.05, 4.69) is 4.72 Å². The van der Waals surface area contributed by atoms with E-state index in [1.807, 2.05) is 12.3 Å². The zero-order valence-electron chi connectivity index (χ0n) is 14.2. The van der Waals surface area contributed by atoms with Gasteiger partial charge in [-0.3, -0.25) is 4.79 Å². The molecule has 8 heteroatoms. The smallest absolute Gasteiger partial charge is 0.325 e. The minimum Gasteiger partial charge on any atom is -0.446 e. The zero-order valence-corrected chi connectivity index (χ0v) is 15.8. The number of aryl methyl sites for hydroxylation is 2. The van der Waals surface area contributed by atoms with Crippen LogP contribution in [0.5, 0.6) is 0 Å². The minimum absolute atomic E-state index is 0.137. The van der Waals surface area contributed by atoms with Gasteiger partial charge < -0.3 is 4.74 Å². The number of hydrogen-bond acceptors (Lipinski definition) is 6. The summed E-state index contributed by atoms with van der Waals surface area (Å²) in [6.45, 7) is 4.93. The summed E-state index contributed by atoms with van der Waals surface area (Å²) >= 11 is 1.49. The van der Waals surface area contributed by atoms with Crippen LogP contribution < -0.4 is 4.72 Å². The van der Waals surface area contributed by atoms with Crippen molar-refractivity contribution >= 4 is 27.8 Å². The van der Waals surface area contributed by atoms with E-state index in [0.29, 0.717) is 11.3 Å². The highest BCUT2D eigenvalue weighted by atomic mass is 32.2. The minimum atomic E-state index is -3.87. The number of ether oxygens (including phenoxy) is 1. The van der Waals surface area contributed by atoms with Gasteiger partial charge in [-0.05, 0) is 56.4 Å². The number of carbonyl (C=O) groups excluding carboxylic acids is 1. The Balaban J connectivity index is 3.05. The summed E-state index contributed by atoms with van der Waals surface area (Å²) in [6.07, 6.45) is 1.21. The van der Waals surface area contributed by atoms with Gasteiger partial charge in [0, 0.05) is 0 Å². The van der Waals surface area contributed by atoms with Crippen LogP contribution in [-0.2, 0) is 19.6 Å². The molecule has 0 saturated carbocycles. The molecule has 1 N–H and O–H groups in total. The first-order chi connectivity index (χ1) is 11.2. The standard InChI is InChI=1S/C16H22N2O4S2/c1-11-5-6-12(2)15(9-11)24(20,21)18-14(7-8-23-4)16(19)22-13(3)10-17/h5-6,9,13-14,18H,7-8H2,1-4H3/t13-,14-/m0/s1. The Kier molecular flexibility index (Phi) is 7.73. The second-order valence-electron chi connectivity index (χ2n) is 5.43. The van der Waals surface area contributed by atoms with Gasteiger partial charge in [-0.25, -0.2) is 8.42 Å².